The lowest BCUT2D eigenvalue weighted by Crippen LogP contribution is -2.15. The summed E-state index contributed by atoms with van der Waals surface area (Å²) in [6.45, 7) is 1.77. The summed E-state index contributed by atoms with van der Waals surface area (Å²) < 4.78 is 24.1. The molecule has 0 aliphatic rings. The average molecular weight is 340 g/mol. The third kappa shape index (κ3) is 3.80. The standard InChI is InChI=1S/C16H18ClNO3S/c1-2-22(20,21)16-10-6-5-9-14(16)18-11-15(19)12-7-3-4-8-13(12)17/h3-10,15,18-19H,2,11H2,1H3. The molecular formula is C16H18ClNO3S. The SMILES string of the molecule is CCS(=O)(=O)c1ccccc1NCC(O)c1ccccc1Cl. The second kappa shape index (κ2) is 7.13. The minimum absolute atomic E-state index is 0.0265. The van der Waals surface area contributed by atoms with Gasteiger partial charge < -0.3 is 10.4 Å². The fourth-order valence-electron chi connectivity index (χ4n) is 2.10. The number of anilines is 1. The fraction of sp³-hybridized carbons (Fsp3) is 0.250. The zero-order valence-electron chi connectivity index (χ0n) is 12.2. The summed E-state index contributed by atoms with van der Waals surface area (Å²) in [5.74, 6) is 0.0265. The summed E-state index contributed by atoms with van der Waals surface area (Å²) in [6.07, 6.45) is -0.828. The molecule has 118 valence electrons. The van der Waals surface area contributed by atoms with Gasteiger partial charge in [-0.15, -0.1) is 0 Å². The first-order valence-electron chi connectivity index (χ1n) is 6.94. The third-order valence-corrected chi connectivity index (χ3v) is 5.48. The number of hydrogen-bond donors (Lipinski definition) is 2. The summed E-state index contributed by atoms with van der Waals surface area (Å²) in [6, 6.07) is 13.7. The van der Waals surface area contributed by atoms with Crippen LogP contribution in [0.2, 0.25) is 5.02 Å². The lowest BCUT2D eigenvalue weighted by molar-refractivity contribution is 0.191. The Balaban J connectivity index is 2.18. The Bertz CT molecular complexity index is 747. The molecule has 0 aliphatic heterocycles. The number of rotatable bonds is 6. The van der Waals surface area contributed by atoms with Crippen LogP contribution in [0.25, 0.3) is 0 Å². The van der Waals surface area contributed by atoms with Crippen molar-refractivity contribution in [2.45, 2.75) is 17.9 Å². The van der Waals surface area contributed by atoms with Crippen molar-refractivity contribution < 1.29 is 13.5 Å². The van der Waals surface area contributed by atoms with Gasteiger partial charge in [0, 0.05) is 17.1 Å². The summed E-state index contributed by atoms with van der Waals surface area (Å²) >= 11 is 6.04. The Morgan fingerprint density at radius 3 is 2.45 bits per heavy atom. The van der Waals surface area contributed by atoms with E-state index in [1.165, 1.54) is 0 Å². The lowest BCUT2D eigenvalue weighted by atomic mass is 10.1. The summed E-state index contributed by atoms with van der Waals surface area (Å²) in [5.41, 5.74) is 1.09. The van der Waals surface area contributed by atoms with Crippen molar-refractivity contribution >= 4 is 27.1 Å². The van der Waals surface area contributed by atoms with Crippen LogP contribution in [0.5, 0.6) is 0 Å². The van der Waals surface area contributed by atoms with Gasteiger partial charge in [0.25, 0.3) is 0 Å². The first-order valence-corrected chi connectivity index (χ1v) is 8.97. The number of para-hydroxylation sites is 1. The number of aliphatic hydroxyl groups is 1. The first-order chi connectivity index (χ1) is 10.5. The molecule has 6 heteroatoms. The number of benzene rings is 2. The Morgan fingerprint density at radius 2 is 1.77 bits per heavy atom. The minimum atomic E-state index is -3.32. The van der Waals surface area contributed by atoms with E-state index in [0.29, 0.717) is 16.3 Å². The Kier molecular flexibility index (Phi) is 5.45. The quantitative estimate of drug-likeness (QED) is 0.847. The van der Waals surface area contributed by atoms with Crippen LogP contribution in [-0.2, 0) is 9.84 Å². The van der Waals surface area contributed by atoms with E-state index < -0.39 is 15.9 Å². The van der Waals surface area contributed by atoms with Crippen molar-refractivity contribution in [2.24, 2.45) is 0 Å². The molecule has 2 aromatic carbocycles. The van der Waals surface area contributed by atoms with Gasteiger partial charge in [0.2, 0.25) is 0 Å². The maximum atomic E-state index is 12.1. The van der Waals surface area contributed by atoms with E-state index in [0.717, 1.165) is 0 Å². The van der Waals surface area contributed by atoms with Gasteiger partial charge in [0.1, 0.15) is 0 Å². The third-order valence-electron chi connectivity index (χ3n) is 3.35. The molecule has 22 heavy (non-hydrogen) atoms. The summed E-state index contributed by atoms with van der Waals surface area (Å²) in [5, 5.41) is 13.7. The van der Waals surface area contributed by atoms with Gasteiger partial charge in [-0.3, -0.25) is 0 Å². The largest absolute Gasteiger partial charge is 0.387 e. The summed E-state index contributed by atoms with van der Waals surface area (Å²) in [7, 11) is -3.32. The molecule has 0 bridgehead atoms. The van der Waals surface area contributed by atoms with Crippen LogP contribution in [0.1, 0.15) is 18.6 Å². The fourth-order valence-corrected chi connectivity index (χ4v) is 3.44. The number of aliphatic hydroxyl groups excluding tert-OH is 1. The van der Waals surface area contributed by atoms with Crippen LogP contribution in [0, 0.1) is 0 Å². The highest BCUT2D eigenvalue weighted by molar-refractivity contribution is 7.91. The van der Waals surface area contributed by atoms with Gasteiger partial charge in [0.05, 0.1) is 22.4 Å². The van der Waals surface area contributed by atoms with Gasteiger partial charge in [-0.05, 0) is 18.2 Å². The molecule has 2 rings (SSSR count). The van der Waals surface area contributed by atoms with Crippen LogP contribution < -0.4 is 5.32 Å². The maximum absolute atomic E-state index is 12.1. The predicted molar refractivity (Wildman–Crippen MR) is 89.1 cm³/mol. The van der Waals surface area contributed by atoms with Gasteiger partial charge >= 0.3 is 0 Å². The van der Waals surface area contributed by atoms with Crippen molar-refractivity contribution in [3.8, 4) is 0 Å². The second-order valence-electron chi connectivity index (χ2n) is 4.82. The molecule has 0 heterocycles. The molecule has 0 spiro atoms. The number of nitrogens with one attached hydrogen (secondary N) is 1. The van der Waals surface area contributed by atoms with E-state index in [2.05, 4.69) is 5.32 Å². The molecule has 1 unspecified atom stereocenters. The van der Waals surface area contributed by atoms with Gasteiger partial charge in [-0.25, -0.2) is 8.42 Å². The first kappa shape index (κ1) is 16.8. The Morgan fingerprint density at radius 1 is 1.14 bits per heavy atom. The van der Waals surface area contributed by atoms with Crippen LogP contribution >= 0.6 is 11.6 Å². The molecule has 2 N–H and O–H groups in total. The summed E-state index contributed by atoms with van der Waals surface area (Å²) in [4.78, 5) is 0.240. The van der Waals surface area contributed by atoms with Gasteiger partial charge in [-0.1, -0.05) is 48.9 Å². The van der Waals surface area contributed by atoms with Crippen molar-refractivity contribution in [3.63, 3.8) is 0 Å². The smallest absolute Gasteiger partial charge is 0.180 e. The number of sulfone groups is 1. The second-order valence-corrected chi connectivity index (χ2v) is 7.47. The molecule has 0 aliphatic carbocycles. The highest BCUT2D eigenvalue weighted by Crippen LogP contribution is 2.25. The number of halogens is 1. The molecule has 0 amide bonds. The van der Waals surface area contributed by atoms with E-state index in [9.17, 15) is 13.5 Å². The van der Waals surface area contributed by atoms with Crippen LogP contribution in [-0.4, -0.2) is 25.8 Å². The predicted octanol–water partition coefficient (Wildman–Crippen LogP) is 3.28. The highest BCUT2D eigenvalue weighted by Gasteiger charge is 2.17. The molecule has 0 saturated heterocycles. The zero-order chi connectivity index (χ0) is 16.2. The topological polar surface area (TPSA) is 66.4 Å². The Hall–Kier alpha value is -1.56. The Labute approximate surface area is 135 Å². The molecule has 1 atom stereocenters. The van der Waals surface area contributed by atoms with Gasteiger partial charge in [-0.2, -0.15) is 0 Å². The minimum Gasteiger partial charge on any atom is -0.387 e. The van der Waals surface area contributed by atoms with E-state index >= 15 is 0 Å². The molecule has 0 radical (unpaired) electrons. The highest BCUT2D eigenvalue weighted by atomic mass is 35.5. The monoisotopic (exact) mass is 339 g/mol. The normalized spacial score (nSPS) is 12.9. The molecule has 4 nitrogen and oxygen atoms in total. The van der Waals surface area contributed by atoms with Crippen LogP contribution in [0.3, 0.4) is 0 Å². The zero-order valence-corrected chi connectivity index (χ0v) is 13.7. The average Bonchev–Trinajstić information content (AvgIpc) is 2.53. The van der Waals surface area contributed by atoms with Crippen molar-refractivity contribution in [1.82, 2.24) is 0 Å². The lowest BCUT2D eigenvalue weighted by Gasteiger charge is -2.16. The van der Waals surface area contributed by atoms with E-state index in [1.54, 1.807) is 55.5 Å². The molecule has 0 saturated carbocycles. The van der Waals surface area contributed by atoms with Crippen molar-refractivity contribution in [3.05, 3.63) is 59.1 Å². The van der Waals surface area contributed by atoms with Crippen LogP contribution in [0.15, 0.2) is 53.4 Å². The molecule has 2 aromatic rings. The van der Waals surface area contributed by atoms with Crippen molar-refractivity contribution in [1.29, 1.82) is 0 Å². The van der Waals surface area contributed by atoms with Crippen molar-refractivity contribution in [2.75, 3.05) is 17.6 Å². The van der Waals surface area contributed by atoms with Gasteiger partial charge in [0.15, 0.2) is 9.84 Å². The van der Waals surface area contributed by atoms with Crippen LogP contribution in [0.4, 0.5) is 5.69 Å². The maximum Gasteiger partial charge on any atom is 0.180 e. The number of hydrogen-bond acceptors (Lipinski definition) is 4. The molecular weight excluding hydrogens is 322 g/mol. The van der Waals surface area contributed by atoms with E-state index in [-0.39, 0.29) is 17.2 Å². The van der Waals surface area contributed by atoms with E-state index in [1.807, 2.05) is 0 Å². The molecule has 0 aromatic heterocycles. The van der Waals surface area contributed by atoms with E-state index in [4.69, 9.17) is 11.6 Å². The molecule has 0 fully saturated rings.